The number of nitrogens with one attached hydrogen (secondary N) is 1. The fourth-order valence-corrected chi connectivity index (χ4v) is 3.60. The van der Waals surface area contributed by atoms with Gasteiger partial charge in [-0.3, -0.25) is 4.57 Å². The number of anilines is 2. The Bertz CT molecular complexity index is 816. The Labute approximate surface area is 137 Å². The molecule has 1 N–H and O–H groups in total. The number of piperidine rings is 1. The topological polar surface area (TPSA) is 50.2 Å². The zero-order valence-electron chi connectivity index (χ0n) is 13.1. The Morgan fingerprint density at radius 2 is 1.96 bits per heavy atom. The maximum absolute atomic E-state index is 13.2. The van der Waals surface area contributed by atoms with Crippen LogP contribution in [0, 0.1) is 11.6 Å². The highest BCUT2D eigenvalue weighted by atomic mass is 19.1. The van der Waals surface area contributed by atoms with Crippen molar-refractivity contribution in [1.82, 2.24) is 9.55 Å². The van der Waals surface area contributed by atoms with E-state index in [2.05, 4.69) is 15.2 Å². The average molecular weight is 332 g/mol. The molecule has 2 aromatic rings. The molecule has 0 saturated carbocycles. The van der Waals surface area contributed by atoms with Crippen molar-refractivity contribution in [2.45, 2.75) is 38.4 Å². The molecule has 126 valence electrons. The molecule has 1 aromatic heterocycles. The smallest absolute Gasteiger partial charge is 0.351 e. The summed E-state index contributed by atoms with van der Waals surface area (Å²) < 4.78 is 28.2. The summed E-state index contributed by atoms with van der Waals surface area (Å²) in [5.41, 5.74) is 0.181. The van der Waals surface area contributed by atoms with Crippen LogP contribution in [0.1, 0.15) is 24.8 Å². The van der Waals surface area contributed by atoms with Gasteiger partial charge >= 0.3 is 5.69 Å². The van der Waals surface area contributed by atoms with Crippen molar-refractivity contribution in [3.05, 3.63) is 51.9 Å². The average Bonchev–Trinajstić information content (AvgIpc) is 2.92. The van der Waals surface area contributed by atoms with Crippen LogP contribution in [0.25, 0.3) is 0 Å². The van der Waals surface area contributed by atoms with Gasteiger partial charge in [-0.25, -0.2) is 13.6 Å². The first-order valence-corrected chi connectivity index (χ1v) is 8.17. The molecule has 24 heavy (non-hydrogen) atoms. The molecule has 0 aliphatic carbocycles. The molecule has 0 radical (unpaired) electrons. The van der Waals surface area contributed by atoms with Crippen LogP contribution in [0.3, 0.4) is 0 Å². The van der Waals surface area contributed by atoms with Gasteiger partial charge < -0.3 is 10.2 Å². The molecule has 1 aromatic carbocycles. The molecule has 0 unspecified atom stereocenters. The maximum Gasteiger partial charge on any atom is 0.351 e. The summed E-state index contributed by atoms with van der Waals surface area (Å²) in [6.45, 7) is 1.84. The van der Waals surface area contributed by atoms with Crippen LogP contribution in [0.4, 0.5) is 20.4 Å². The Kier molecular flexibility index (Phi) is 3.70. The number of hydrogen-bond acceptors (Lipinski definition) is 4. The summed E-state index contributed by atoms with van der Waals surface area (Å²) >= 11 is 0. The molecule has 1 fully saturated rings. The SMILES string of the molecule is O=c1nc(NCc2cc(F)cc(F)c2)cc2n1C[C@@H]1CCCCN21. The minimum Gasteiger partial charge on any atom is -0.366 e. The van der Waals surface area contributed by atoms with Crippen molar-refractivity contribution in [3.8, 4) is 0 Å². The zero-order valence-corrected chi connectivity index (χ0v) is 13.1. The van der Waals surface area contributed by atoms with E-state index in [1.165, 1.54) is 18.6 Å². The molecule has 7 heteroatoms. The van der Waals surface area contributed by atoms with E-state index >= 15 is 0 Å². The zero-order chi connectivity index (χ0) is 16.7. The minimum absolute atomic E-state index is 0.202. The molecule has 0 amide bonds. The molecule has 4 rings (SSSR count). The summed E-state index contributed by atoms with van der Waals surface area (Å²) in [7, 11) is 0. The molecule has 3 heterocycles. The Hall–Kier alpha value is -2.44. The number of rotatable bonds is 3. The first kappa shape index (κ1) is 15.1. The van der Waals surface area contributed by atoms with Gasteiger partial charge in [0.05, 0.1) is 0 Å². The van der Waals surface area contributed by atoms with Crippen molar-refractivity contribution in [2.75, 3.05) is 16.8 Å². The van der Waals surface area contributed by atoms with Gasteiger partial charge in [0.15, 0.2) is 0 Å². The monoisotopic (exact) mass is 332 g/mol. The molecule has 1 atom stereocenters. The molecular formula is C17H18F2N4O. The van der Waals surface area contributed by atoms with Crippen LogP contribution in [-0.4, -0.2) is 22.1 Å². The lowest BCUT2D eigenvalue weighted by Gasteiger charge is -2.30. The molecule has 5 nitrogen and oxygen atoms in total. The highest BCUT2D eigenvalue weighted by Gasteiger charge is 2.32. The van der Waals surface area contributed by atoms with Gasteiger partial charge in [0.25, 0.3) is 0 Å². The molecule has 2 aliphatic heterocycles. The second kappa shape index (κ2) is 5.89. The van der Waals surface area contributed by atoms with Crippen LogP contribution in [0.15, 0.2) is 29.1 Å². The van der Waals surface area contributed by atoms with E-state index in [9.17, 15) is 13.6 Å². The fraction of sp³-hybridized carbons (Fsp3) is 0.412. The van der Waals surface area contributed by atoms with E-state index in [1.54, 1.807) is 4.57 Å². The Balaban J connectivity index is 1.57. The highest BCUT2D eigenvalue weighted by molar-refractivity contribution is 5.53. The lowest BCUT2D eigenvalue weighted by atomic mass is 10.0. The number of halogens is 2. The first-order chi connectivity index (χ1) is 11.6. The van der Waals surface area contributed by atoms with Gasteiger partial charge in [-0.2, -0.15) is 4.98 Å². The van der Waals surface area contributed by atoms with Crippen molar-refractivity contribution < 1.29 is 8.78 Å². The summed E-state index contributed by atoms with van der Waals surface area (Å²) in [6, 6.07) is 5.58. The maximum atomic E-state index is 13.2. The summed E-state index contributed by atoms with van der Waals surface area (Å²) in [4.78, 5) is 18.6. The predicted molar refractivity (Wildman–Crippen MR) is 87.2 cm³/mol. The normalized spacial score (nSPS) is 19.1. The van der Waals surface area contributed by atoms with Gasteiger partial charge in [0.2, 0.25) is 0 Å². The molecular weight excluding hydrogens is 314 g/mol. The number of fused-ring (bicyclic) bond motifs is 3. The second-order valence-corrected chi connectivity index (χ2v) is 6.37. The highest BCUT2D eigenvalue weighted by Crippen LogP contribution is 2.31. The Morgan fingerprint density at radius 1 is 1.17 bits per heavy atom. The van der Waals surface area contributed by atoms with Gasteiger partial charge in [-0.15, -0.1) is 0 Å². The Morgan fingerprint density at radius 3 is 2.75 bits per heavy atom. The third kappa shape index (κ3) is 2.74. The van der Waals surface area contributed by atoms with Crippen LogP contribution < -0.4 is 15.9 Å². The van der Waals surface area contributed by atoms with Crippen LogP contribution in [-0.2, 0) is 13.1 Å². The predicted octanol–water partition coefficient (Wildman–Crippen LogP) is 2.51. The number of nitrogens with zero attached hydrogens (tertiary/aromatic N) is 3. The lowest BCUT2D eigenvalue weighted by molar-refractivity contribution is 0.458. The van der Waals surface area contributed by atoms with Gasteiger partial charge in [-0.05, 0) is 37.0 Å². The van der Waals surface area contributed by atoms with E-state index in [-0.39, 0.29) is 12.2 Å². The standard InChI is InChI=1S/C17H18F2N4O/c18-12-5-11(6-13(19)7-12)9-20-15-8-16-22-4-2-1-3-14(22)10-23(16)17(24)21-15/h5-8,14H,1-4,9-10H2,(H,20,21,24)/t14-/m0/s1. The van der Waals surface area contributed by atoms with E-state index < -0.39 is 11.6 Å². The van der Waals surface area contributed by atoms with E-state index in [1.807, 2.05) is 6.07 Å². The van der Waals surface area contributed by atoms with Crippen LogP contribution in [0.5, 0.6) is 0 Å². The largest absolute Gasteiger partial charge is 0.366 e. The number of hydrogen-bond donors (Lipinski definition) is 1. The van der Waals surface area contributed by atoms with Gasteiger partial charge in [0.1, 0.15) is 23.3 Å². The van der Waals surface area contributed by atoms with E-state index in [0.717, 1.165) is 31.3 Å². The van der Waals surface area contributed by atoms with Crippen molar-refractivity contribution in [3.63, 3.8) is 0 Å². The third-order valence-electron chi connectivity index (χ3n) is 4.70. The number of benzene rings is 1. The van der Waals surface area contributed by atoms with Gasteiger partial charge in [-0.1, -0.05) is 0 Å². The fourth-order valence-electron chi connectivity index (χ4n) is 3.60. The minimum atomic E-state index is -0.620. The van der Waals surface area contributed by atoms with Crippen molar-refractivity contribution in [1.29, 1.82) is 0 Å². The van der Waals surface area contributed by atoms with E-state index in [0.29, 0.717) is 24.0 Å². The van der Waals surface area contributed by atoms with Crippen LogP contribution in [0.2, 0.25) is 0 Å². The molecule has 0 spiro atoms. The quantitative estimate of drug-likeness (QED) is 0.938. The van der Waals surface area contributed by atoms with E-state index in [4.69, 9.17) is 0 Å². The van der Waals surface area contributed by atoms with Gasteiger partial charge in [0, 0.05) is 37.8 Å². The first-order valence-electron chi connectivity index (χ1n) is 8.17. The lowest BCUT2D eigenvalue weighted by Crippen LogP contribution is -2.36. The molecule has 1 saturated heterocycles. The summed E-state index contributed by atoms with van der Waals surface area (Å²) in [6.07, 6.45) is 3.40. The van der Waals surface area contributed by atoms with Crippen molar-refractivity contribution >= 4 is 11.6 Å². The number of aromatic nitrogens is 2. The molecule has 2 aliphatic rings. The van der Waals surface area contributed by atoms with Crippen molar-refractivity contribution in [2.24, 2.45) is 0 Å². The summed E-state index contributed by atoms with van der Waals surface area (Å²) in [5.74, 6) is 0.0737. The molecule has 0 bridgehead atoms. The third-order valence-corrected chi connectivity index (χ3v) is 4.70. The summed E-state index contributed by atoms with van der Waals surface area (Å²) in [5, 5.41) is 3.00. The van der Waals surface area contributed by atoms with Crippen LogP contribution >= 0.6 is 0 Å². The second-order valence-electron chi connectivity index (χ2n) is 6.37.